The second kappa shape index (κ2) is 1.67. The van der Waals surface area contributed by atoms with E-state index in [1.54, 1.807) is 0 Å². The molecule has 1 aromatic carbocycles. The van der Waals surface area contributed by atoms with Crippen molar-refractivity contribution in [1.82, 2.24) is 0 Å². The number of fused-ring (bicyclic) bond motifs is 1. The van der Waals surface area contributed by atoms with Crippen LogP contribution in [0.2, 0.25) is 0 Å². The van der Waals surface area contributed by atoms with Crippen molar-refractivity contribution in [2.24, 2.45) is 0 Å². The molecule has 1 heterocycles. The minimum atomic E-state index is 1.02. The lowest BCUT2D eigenvalue weighted by Gasteiger charge is -2.04. The number of rotatable bonds is 0. The van der Waals surface area contributed by atoms with Crippen LogP contribution in [-0.2, 0) is 17.6 Å². The van der Waals surface area contributed by atoms with E-state index in [0.717, 1.165) is 12.8 Å². The first-order chi connectivity index (χ1) is 5.43. The van der Waals surface area contributed by atoms with Gasteiger partial charge in [-0.05, 0) is 11.1 Å². The molecule has 0 fully saturated rings. The summed E-state index contributed by atoms with van der Waals surface area (Å²) in [6, 6.07) is 8.54. The maximum absolute atomic E-state index is 5.29. The van der Waals surface area contributed by atoms with Crippen molar-refractivity contribution in [3.63, 3.8) is 0 Å². The molecule has 0 bridgehead atoms. The van der Waals surface area contributed by atoms with Gasteiger partial charge in [-0.25, -0.2) is 0 Å². The van der Waals surface area contributed by atoms with Gasteiger partial charge in [0.1, 0.15) is 11.5 Å². The number of hydrogen-bond donors (Lipinski definition) is 0. The topological polar surface area (TPSA) is 12.5 Å². The first-order valence-corrected chi connectivity index (χ1v) is 3.90. The van der Waals surface area contributed by atoms with Gasteiger partial charge in [-0.3, -0.25) is 0 Å². The lowest BCUT2D eigenvalue weighted by molar-refractivity contribution is 0.459. The molecule has 1 aliphatic carbocycles. The van der Waals surface area contributed by atoms with E-state index in [-0.39, 0.29) is 0 Å². The Hall–Kier alpha value is -1.24. The zero-order valence-electron chi connectivity index (χ0n) is 6.13. The molecule has 0 saturated heterocycles. The molecule has 3 rings (SSSR count). The zero-order valence-corrected chi connectivity index (χ0v) is 6.13. The molecule has 11 heavy (non-hydrogen) atoms. The Balaban J connectivity index is 2.13. The van der Waals surface area contributed by atoms with Crippen LogP contribution < -0.4 is 0 Å². The highest BCUT2D eigenvalue weighted by Crippen LogP contribution is 2.38. The Morgan fingerprint density at radius 3 is 2.00 bits per heavy atom. The Morgan fingerprint density at radius 1 is 0.909 bits per heavy atom. The summed E-state index contributed by atoms with van der Waals surface area (Å²) in [7, 11) is 0. The molecule has 0 spiro atoms. The van der Waals surface area contributed by atoms with Crippen LogP contribution >= 0.6 is 0 Å². The molecule has 0 atom stereocenters. The summed E-state index contributed by atoms with van der Waals surface area (Å²) >= 11 is 0. The number of allylic oxidation sites excluding steroid dienone is 2. The normalized spacial score (nSPS) is 18.5. The molecular weight excluding hydrogens is 136 g/mol. The zero-order chi connectivity index (χ0) is 7.26. The summed E-state index contributed by atoms with van der Waals surface area (Å²) in [6.07, 6.45) is 2.04. The maximum Gasteiger partial charge on any atom is 0.147 e. The summed E-state index contributed by atoms with van der Waals surface area (Å²) < 4.78 is 5.29. The Bertz CT molecular complexity index is 317. The van der Waals surface area contributed by atoms with Crippen LogP contribution in [-0.4, -0.2) is 0 Å². The molecule has 1 nitrogen and oxygen atoms in total. The van der Waals surface area contributed by atoms with Crippen LogP contribution in [0.1, 0.15) is 11.1 Å². The van der Waals surface area contributed by atoms with Crippen LogP contribution in [0.4, 0.5) is 0 Å². The summed E-state index contributed by atoms with van der Waals surface area (Å²) in [6.45, 7) is 0. The highest BCUT2D eigenvalue weighted by Gasteiger charge is 2.30. The molecule has 1 heteroatoms. The molecule has 2 aliphatic rings. The van der Waals surface area contributed by atoms with E-state index in [0.29, 0.717) is 0 Å². The monoisotopic (exact) mass is 144 g/mol. The Kier molecular flexibility index (Phi) is 0.823. The highest BCUT2D eigenvalue weighted by molar-refractivity contribution is 5.42. The van der Waals surface area contributed by atoms with Gasteiger partial charge >= 0.3 is 0 Å². The fraction of sp³-hybridized carbons (Fsp3) is 0.200. The van der Waals surface area contributed by atoms with Gasteiger partial charge in [0.25, 0.3) is 0 Å². The van der Waals surface area contributed by atoms with Crippen LogP contribution in [0, 0.1) is 0 Å². The Morgan fingerprint density at radius 2 is 1.45 bits per heavy atom. The van der Waals surface area contributed by atoms with Crippen molar-refractivity contribution in [2.75, 3.05) is 0 Å². The molecule has 54 valence electrons. The van der Waals surface area contributed by atoms with Crippen LogP contribution in [0.5, 0.6) is 0 Å². The largest absolute Gasteiger partial charge is 0.458 e. The summed E-state index contributed by atoms with van der Waals surface area (Å²) in [5, 5.41) is 0. The van der Waals surface area contributed by atoms with Gasteiger partial charge in [0.05, 0.1) is 0 Å². The fourth-order valence-electron chi connectivity index (χ4n) is 1.64. The van der Waals surface area contributed by atoms with Crippen molar-refractivity contribution in [3.05, 3.63) is 46.9 Å². The third-order valence-electron chi connectivity index (χ3n) is 2.34. The molecule has 0 saturated carbocycles. The van der Waals surface area contributed by atoms with Gasteiger partial charge in [-0.2, -0.15) is 0 Å². The van der Waals surface area contributed by atoms with Crippen LogP contribution in [0.15, 0.2) is 35.8 Å². The smallest absolute Gasteiger partial charge is 0.147 e. The van der Waals surface area contributed by atoms with Crippen LogP contribution in [0.3, 0.4) is 0 Å². The first kappa shape index (κ1) is 5.42. The van der Waals surface area contributed by atoms with Crippen molar-refractivity contribution < 1.29 is 4.74 Å². The molecule has 1 aliphatic heterocycles. The lowest BCUT2D eigenvalue weighted by atomic mass is 9.97. The quantitative estimate of drug-likeness (QED) is 0.542. The second-order valence-electron chi connectivity index (χ2n) is 3.07. The van der Waals surface area contributed by atoms with Crippen LogP contribution in [0.25, 0.3) is 0 Å². The average Bonchev–Trinajstić information content (AvgIpc) is 2.77. The minimum Gasteiger partial charge on any atom is -0.458 e. The summed E-state index contributed by atoms with van der Waals surface area (Å²) in [5.74, 6) is 2.42. The van der Waals surface area contributed by atoms with E-state index in [1.165, 1.54) is 22.6 Å². The van der Waals surface area contributed by atoms with Crippen molar-refractivity contribution in [2.45, 2.75) is 12.8 Å². The van der Waals surface area contributed by atoms with Gasteiger partial charge < -0.3 is 4.74 Å². The summed E-state index contributed by atoms with van der Waals surface area (Å²) in [5.41, 5.74) is 2.87. The first-order valence-electron chi connectivity index (χ1n) is 3.90. The van der Waals surface area contributed by atoms with E-state index in [2.05, 4.69) is 24.3 Å². The SMILES string of the molecule is c1ccc2c(c1)CC1=C(C2)O1. The van der Waals surface area contributed by atoms with Gasteiger partial charge in [-0.1, -0.05) is 24.3 Å². The van der Waals surface area contributed by atoms with Crippen molar-refractivity contribution in [1.29, 1.82) is 0 Å². The Labute approximate surface area is 65.3 Å². The molecular formula is C10H8O. The highest BCUT2D eigenvalue weighted by atomic mass is 16.6. The van der Waals surface area contributed by atoms with Gasteiger partial charge in [0, 0.05) is 12.8 Å². The predicted octanol–water partition coefficient (Wildman–Crippen LogP) is 2.03. The number of hydrogen-bond acceptors (Lipinski definition) is 1. The van der Waals surface area contributed by atoms with E-state index in [1.807, 2.05) is 0 Å². The third kappa shape index (κ3) is 0.709. The molecule has 0 aromatic heterocycles. The third-order valence-corrected chi connectivity index (χ3v) is 2.34. The van der Waals surface area contributed by atoms with Crippen molar-refractivity contribution in [3.8, 4) is 0 Å². The van der Waals surface area contributed by atoms with Gasteiger partial charge in [0.2, 0.25) is 0 Å². The standard InChI is InChI=1S/C10H8O/c1-2-4-8-6-10-9(11-10)5-7(8)3-1/h1-4H,5-6H2. The van der Waals surface area contributed by atoms with E-state index < -0.39 is 0 Å². The van der Waals surface area contributed by atoms with E-state index in [4.69, 9.17) is 4.74 Å². The maximum atomic E-state index is 5.29. The number of ether oxygens (including phenoxy) is 1. The van der Waals surface area contributed by atoms with Gasteiger partial charge in [0.15, 0.2) is 0 Å². The minimum absolute atomic E-state index is 1.02. The molecule has 1 aromatic rings. The molecule has 0 unspecified atom stereocenters. The van der Waals surface area contributed by atoms with E-state index >= 15 is 0 Å². The average molecular weight is 144 g/mol. The van der Waals surface area contributed by atoms with E-state index in [9.17, 15) is 0 Å². The lowest BCUT2D eigenvalue weighted by Crippen LogP contribution is -1.95. The van der Waals surface area contributed by atoms with Crippen molar-refractivity contribution >= 4 is 0 Å². The summed E-state index contributed by atoms with van der Waals surface area (Å²) in [4.78, 5) is 0. The second-order valence-corrected chi connectivity index (χ2v) is 3.07. The molecule has 0 N–H and O–H groups in total. The number of benzene rings is 1. The van der Waals surface area contributed by atoms with Gasteiger partial charge in [-0.15, -0.1) is 0 Å². The molecule has 0 amide bonds. The predicted molar refractivity (Wildman–Crippen MR) is 42.0 cm³/mol. The fourth-order valence-corrected chi connectivity index (χ4v) is 1.64. The molecule has 0 radical (unpaired) electrons.